The van der Waals surface area contributed by atoms with Crippen molar-refractivity contribution in [3.05, 3.63) is 18.2 Å². The molecule has 0 aliphatic carbocycles. The number of hydrogen-bond acceptors (Lipinski definition) is 4. The lowest BCUT2D eigenvalue weighted by Crippen LogP contribution is -1.99. The minimum absolute atomic E-state index is 0.803. The van der Waals surface area contributed by atoms with Gasteiger partial charge in [-0.2, -0.15) is 0 Å². The molecule has 0 fully saturated rings. The highest BCUT2D eigenvalue weighted by molar-refractivity contribution is 8.01. The standard InChI is InChI=1S/C13H18N2S2/c1-3-9(4-2)8-16-13-15-11-6-5-10(14)7-12(11)17-13/h5-7,9H,3-4,8,14H2,1-2H3. The second-order valence-corrected chi connectivity index (χ2v) is 6.50. The van der Waals surface area contributed by atoms with Crippen molar-refractivity contribution in [3.63, 3.8) is 0 Å². The van der Waals surface area contributed by atoms with Gasteiger partial charge in [0, 0.05) is 11.4 Å². The molecule has 2 aromatic rings. The van der Waals surface area contributed by atoms with E-state index in [0.717, 1.165) is 21.5 Å². The Morgan fingerprint density at radius 2 is 2.12 bits per heavy atom. The summed E-state index contributed by atoms with van der Waals surface area (Å²) in [6, 6.07) is 5.92. The van der Waals surface area contributed by atoms with Crippen LogP contribution >= 0.6 is 23.1 Å². The van der Waals surface area contributed by atoms with Crippen molar-refractivity contribution in [2.24, 2.45) is 5.92 Å². The van der Waals surface area contributed by atoms with Crippen LogP contribution in [0.15, 0.2) is 22.5 Å². The molecule has 0 aliphatic rings. The summed E-state index contributed by atoms with van der Waals surface area (Å²) in [4.78, 5) is 4.62. The van der Waals surface area contributed by atoms with Gasteiger partial charge in [0.15, 0.2) is 4.34 Å². The monoisotopic (exact) mass is 266 g/mol. The van der Waals surface area contributed by atoms with E-state index < -0.39 is 0 Å². The molecule has 17 heavy (non-hydrogen) atoms. The molecule has 1 aromatic heterocycles. The van der Waals surface area contributed by atoms with Crippen molar-refractivity contribution < 1.29 is 0 Å². The van der Waals surface area contributed by atoms with Crippen molar-refractivity contribution in [3.8, 4) is 0 Å². The average molecular weight is 266 g/mol. The molecule has 1 aromatic carbocycles. The van der Waals surface area contributed by atoms with Crippen LogP contribution in [0.5, 0.6) is 0 Å². The predicted octanol–water partition coefficient (Wildman–Crippen LogP) is 4.41. The molecule has 0 radical (unpaired) electrons. The Kier molecular flexibility index (Phi) is 4.29. The summed E-state index contributed by atoms with van der Waals surface area (Å²) in [6.45, 7) is 4.52. The fraction of sp³-hybridized carbons (Fsp3) is 0.462. The van der Waals surface area contributed by atoms with Crippen LogP contribution in [-0.2, 0) is 0 Å². The fourth-order valence-electron chi connectivity index (χ4n) is 1.70. The molecule has 0 unspecified atom stereocenters. The molecule has 0 saturated carbocycles. The highest BCUT2D eigenvalue weighted by Crippen LogP contribution is 2.32. The maximum atomic E-state index is 5.77. The molecule has 0 spiro atoms. The van der Waals surface area contributed by atoms with E-state index >= 15 is 0 Å². The Bertz CT molecular complexity index is 489. The van der Waals surface area contributed by atoms with E-state index in [-0.39, 0.29) is 0 Å². The van der Waals surface area contributed by atoms with Crippen LogP contribution < -0.4 is 5.73 Å². The van der Waals surface area contributed by atoms with E-state index in [4.69, 9.17) is 5.73 Å². The maximum absolute atomic E-state index is 5.77. The molecule has 0 saturated heterocycles. The first kappa shape index (κ1) is 12.7. The zero-order valence-corrected chi connectivity index (χ0v) is 11.9. The van der Waals surface area contributed by atoms with Gasteiger partial charge in [0.2, 0.25) is 0 Å². The Morgan fingerprint density at radius 1 is 1.35 bits per heavy atom. The van der Waals surface area contributed by atoms with E-state index in [1.165, 1.54) is 23.3 Å². The lowest BCUT2D eigenvalue weighted by atomic mass is 10.1. The summed E-state index contributed by atoms with van der Waals surface area (Å²) in [6.07, 6.45) is 2.50. The number of anilines is 1. The van der Waals surface area contributed by atoms with Gasteiger partial charge in [-0.3, -0.25) is 0 Å². The molecule has 1 heterocycles. The van der Waals surface area contributed by atoms with Gasteiger partial charge in [-0.15, -0.1) is 11.3 Å². The second kappa shape index (κ2) is 5.74. The van der Waals surface area contributed by atoms with Crippen LogP contribution in [-0.4, -0.2) is 10.7 Å². The highest BCUT2D eigenvalue weighted by Gasteiger charge is 2.08. The van der Waals surface area contributed by atoms with Gasteiger partial charge >= 0.3 is 0 Å². The largest absolute Gasteiger partial charge is 0.399 e. The number of rotatable bonds is 5. The Labute approximate surface area is 111 Å². The maximum Gasteiger partial charge on any atom is 0.151 e. The first-order valence-corrected chi connectivity index (χ1v) is 7.82. The second-order valence-electron chi connectivity index (χ2n) is 4.20. The Morgan fingerprint density at radius 3 is 2.82 bits per heavy atom. The molecule has 0 aliphatic heterocycles. The smallest absolute Gasteiger partial charge is 0.151 e. The zero-order valence-electron chi connectivity index (χ0n) is 10.3. The molecule has 2 nitrogen and oxygen atoms in total. The van der Waals surface area contributed by atoms with Gasteiger partial charge in [0.1, 0.15) is 0 Å². The summed E-state index contributed by atoms with van der Waals surface area (Å²) in [5, 5.41) is 0. The fourth-order valence-corrected chi connectivity index (χ4v) is 4.16. The van der Waals surface area contributed by atoms with Gasteiger partial charge < -0.3 is 5.73 Å². The van der Waals surface area contributed by atoms with Crippen LogP contribution in [0, 0.1) is 5.92 Å². The van der Waals surface area contributed by atoms with E-state index in [1.54, 1.807) is 11.3 Å². The molecule has 4 heteroatoms. The SMILES string of the molecule is CCC(CC)CSc1nc2ccc(N)cc2s1. The Balaban J connectivity index is 2.09. The number of thiazole rings is 1. The third-order valence-corrected chi connectivity index (χ3v) is 5.38. The number of benzene rings is 1. The van der Waals surface area contributed by atoms with Crippen molar-refractivity contribution in [1.82, 2.24) is 4.98 Å². The van der Waals surface area contributed by atoms with Crippen LogP contribution in [0.3, 0.4) is 0 Å². The van der Waals surface area contributed by atoms with Gasteiger partial charge in [-0.25, -0.2) is 4.98 Å². The number of aromatic nitrogens is 1. The van der Waals surface area contributed by atoms with E-state index in [1.807, 2.05) is 30.0 Å². The van der Waals surface area contributed by atoms with Crippen molar-refractivity contribution >= 4 is 39.0 Å². The van der Waals surface area contributed by atoms with E-state index in [2.05, 4.69) is 18.8 Å². The summed E-state index contributed by atoms with van der Waals surface area (Å²) in [5.74, 6) is 1.97. The van der Waals surface area contributed by atoms with Gasteiger partial charge in [-0.1, -0.05) is 38.5 Å². The average Bonchev–Trinajstić information content (AvgIpc) is 2.72. The van der Waals surface area contributed by atoms with Crippen LogP contribution in [0.4, 0.5) is 5.69 Å². The minimum Gasteiger partial charge on any atom is -0.399 e. The zero-order chi connectivity index (χ0) is 12.3. The van der Waals surface area contributed by atoms with Gasteiger partial charge in [0.05, 0.1) is 10.2 Å². The number of nitrogens with zero attached hydrogens (tertiary/aromatic N) is 1. The van der Waals surface area contributed by atoms with Crippen molar-refractivity contribution in [2.45, 2.75) is 31.0 Å². The number of fused-ring (bicyclic) bond motifs is 1. The van der Waals surface area contributed by atoms with Crippen LogP contribution in [0.1, 0.15) is 26.7 Å². The van der Waals surface area contributed by atoms with Gasteiger partial charge in [-0.05, 0) is 24.1 Å². The topological polar surface area (TPSA) is 38.9 Å². The normalized spacial score (nSPS) is 11.5. The highest BCUT2D eigenvalue weighted by atomic mass is 32.2. The lowest BCUT2D eigenvalue weighted by molar-refractivity contribution is 0.554. The summed E-state index contributed by atoms with van der Waals surface area (Å²) >= 11 is 3.62. The Hall–Kier alpha value is -0.740. The van der Waals surface area contributed by atoms with E-state index in [0.29, 0.717) is 0 Å². The third-order valence-electron chi connectivity index (χ3n) is 2.99. The van der Waals surface area contributed by atoms with Crippen LogP contribution in [0.2, 0.25) is 0 Å². The number of hydrogen-bond donors (Lipinski definition) is 1. The minimum atomic E-state index is 0.803. The summed E-state index contributed by atoms with van der Waals surface area (Å²) < 4.78 is 2.36. The molecular weight excluding hydrogens is 248 g/mol. The molecule has 0 amide bonds. The molecule has 0 atom stereocenters. The first-order chi connectivity index (χ1) is 8.22. The molecule has 2 rings (SSSR count). The van der Waals surface area contributed by atoms with Crippen molar-refractivity contribution in [1.29, 1.82) is 0 Å². The summed E-state index contributed by atoms with van der Waals surface area (Å²) in [7, 11) is 0. The third kappa shape index (κ3) is 3.13. The molecular formula is C13H18N2S2. The van der Waals surface area contributed by atoms with E-state index in [9.17, 15) is 0 Å². The molecule has 2 N–H and O–H groups in total. The van der Waals surface area contributed by atoms with Crippen LogP contribution in [0.25, 0.3) is 10.2 Å². The molecule has 92 valence electrons. The number of nitrogen functional groups attached to an aromatic ring is 1. The quantitative estimate of drug-likeness (QED) is 0.643. The number of nitrogens with two attached hydrogens (primary N) is 1. The predicted molar refractivity (Wildman–Crippen MR) is 78.8 cm³/mol. The number of thioether (sulfide) groups is 1. The van der Waals surface area contributed by atoms with Gasteiger partial charge in [0.25, 0.3) is 0 Å². The first-order valence-electron chi connectivity index (χ1n) is 6.01. The lowest BCUT2D eigenvalue weighted by Gasteiger charge is -2.09. The summed E-state index contributed by atoms with van der Waals surface area (Å²) in [5.41, 5.74) is 7.65. The molecule has 0 bridgehead atoms. The van der Waals surface area contributed by atoms with Crippen molar-refractivity contribution in [2.75, 3.05) is 11.5 Å².